The third-order valence-electron chi connectivity index (χ3n) is 4.00. The van der Waals surface area contributed by atoms with Gasteiger partial charge in [-0.1, -0.05) is 6.92 Å². The third-order valence-corrected chi connectivity index (χ3v) is 4.00. The molecule has 0 saturated carbocycles. The summed E-state index contributed by atoms with van der Waals surface area (Å²) in [5.74, 6) is 1.08. The smallest absolute Gasteiger partial charge is 0.243 e. The van der Waals surface area contributed by atoms with Gasteiger partial charge in [-0.2, -0.15) is 0 Å². The van der Waals surface area contributed by atoms with Gasteiger partial charge in [-0.3, -0.25) is 4.79 Å². The number of nitrogens with zero attached hydrogens (tertiary/aromatic N) is 3. The molecule has 1 atom stereocenters. The number of fused-ring (bicyclic) bond motifs is 1. The number of H-pyrrole nitrogens is 1. The molecular weight excluding hydrogens is 280 g/mol. The quantitative estimate of drug-likeness (QED) is 0.681. The van der Waals surface area contributed by atoms with Crippen LogP contribution >= 0.6 is 0 Å². The molecule has 0 spiro atoms. The van der Waals surface area contributed by atoms with Gasteiger partial charge in [-0.25, -0.2) is 9.97 Å². The fourth-order valence-electron chi connectivity index (χ4n) is 2.86. The van der Waals surface area contributed by atoms with Gasteiger partial charge in [0.15, 0.2) is 0 Å². The lowest BCUT2D eigenvalue weighted by atomic mass is 10.1. The second kappa shape index (κ2) is 6.74. The largest absolute Gasteiger partial charge is 0.354 e. The van der Waals surface area contributed by atoms with Crippen LogP contribution in [-0.4, -0.2) is 38.5 Å². The number of imidazole rings is 2. The van der Waals surface area contributed by atoms with Crippen LogP contribution < -0.4 is 10.6 Å². The maximum Gasteiger partial charge on any atom is 0.243 e. The monoisotopic (exact) mass is 302 g/mol. The van der Waals surface area contributed by atoms with Crippen LogP contribution in [0.5, 0.6) is 0 Å². The van der Waals surface area contributed by atoms with Crippen LogP contribution in [0.1, 0.15) is 36.6 Å². The van der Waals surface area contributed by atoms with E-state index < -0.39 is 0 Å². The summed E-state index contributed by atoms with van der Waals surface area (Å²) in [6, 6.07) is -0.338. The molecule has 1 amide bonds. The number of aryl methyl sites for hydroxylation is 2. The van der Waals surface area contributed by atoms with Crippen molar-refractivity contribution in [3.05, 3.63) is 35.9 Å². The fraction of sp³-hybridized carbons (Fsp3) is 0.533. The zero-order chi connectivity index (χ0) is 15.4. The first-order valence-corrected chi connectivity index (χ1v) is 7.83. The Kier molecular flexibility index (Phi) is 4.53. The standard InChI is InChI=1S/C15H22N6O/c1-2-12-16-7-9-21(12)8-3-5-18-15(22)14-13-11(4-6-17-14)19-10-20-13/h7,9-10,14,17H,2-6,8H2,1H3,(H,18,22)(H,19,20)/t14-/m1/s1. The number of rotatable bonds is 6. The van der Waals surface area contributed by atoms with E-state index in [1.54, 1.807) is 6.33 Å². The molecule has 1 aliphatic heterocycles. The highest BCUT2D eigenvalue weighted by Gasteiger charge is 2.27. The minimum Gasteiger partial charge on any atom is -0.354 e. The van der Waals surface area contributed by atoms with E-state index in [0.29, 0.717) is 6.54 Å². The number of hydrogen-bond acceptors (Lipinski definition) is 4. The summed E-state index contributed by atoms with van der Waals surface area (Å²) in [4.78, 5) is 24.0. The van der Waals surface area contributed by atoms with Crippen LogP contribution in [0, 0.1) is 0 Å². The molecule has 0 radical (unpaired) electrons. The van der Waals surface area contributed by atoms with Gasteiger partial charge in [0.05, 0.1) is 12.0 Å². The molecule has 2 aromatic heterocycles. The molecule has 7 nitrogen and oxygen atoms in total. The Morgan fingerprint density at radius 1 is 1.50 bits per heavy atom. The van der Waals surface area contributed by atoms with E-state index in [9.17, 15) is 4.79 Å². The van der Waals surface area contributed by atoms with E-state index in [4.69, 9.17) is 0 Å². The SMILES string of the molecule is CCc1nccn1CCCNC(=O)[C@@H]1NCCc2[nH]cnc21. The molecule has 0 saturated heterocycles. The topological polar surface area (TPSA) is 87.6 Å². The van der Waals surface area contributed by atoms with Gasteiger partial charge >= 0.3 is 0 Å². The van der Waals surface area contributed by atoms with Crippen molar-refractivity contribution < 1.29 is 4.79 Å². The summed E-state index contributed by atoms with van der Waals surface area (Å²) in [6.45, 7) is 4.41. The average molecular weight is 302 g/mol. The highest BCUT2D eigenvalue weighted by atomic mass is 16.2. The molecular formula is C15H22N6O. The van der Waals surface area contributed by atoms with Gasteiger partial charge in [0.25, 0.3) is 0 Å². The number of aromatic nitrogens is 4. The van der Waals surface area contributed by atoms with Gasteiger partial charge in [-0.15, -0.1) is 0 Å². The molecule has 118 valence electrons. The summed E-state index contributed by atoms with van der Waals surface area (Å²) >= 11 is 0. The zero-order valence-corrected chi connectivity index (χ0v) is 12.8. The average Bonchev–Trinajstić information content (AvgIpc) is 3.19. The molecule has 3 N–H and O–H groups in total. The number of aromatic amines is 1. The molecule has 0 bridgehead atoms. The van der Waals surface area contributed by atoms with Gasteiger partial charge in [0.2, 0.25) is 5.91 Å². The second-order valence-corrected chi connectivity index (χ2v) is 5.44. The minimum atomic E-state index is -0.338. The van der Waals surface area contributed by atoms with Crippen LogP contribution in [0.3, 0.4) is 0 Å². The number of carbonyl (C=O) groups excluding carboxylic acids is 1. The van der Waals surface area contributed by atoms with E-state index >= 15 is 0 Å². The van der Waals surface area contributed by atoms with Crippen LogP contribution in [-0.2, 0) is 24.2 Å². The Labute approximate surface area is 129 Å². The Morgan fingerprint density at radius 2 is 2.41 bits per heavy atom. The number of hydrogen-bond donors (Lipinski definition) is 3. The third kappa shape index (κ3) is 3.04. The van der Waals surface area contributed by atoms with Crippen molar-refractivity contribution in [2.75, 3.05) is 13.1 Å². The summed E-state index contributed by atoms with van der Waals surface area (Å²) in [5.41, 5.74) is 1.89. The molecule has 3 heterocycles. The Hall–Kier alpha value is -2.15. The van der Waals surface area contributed by atoms with E-state index in [0.717, 1.165) is 49.6 Å². The lowest BCUT2D eigenvalue weighted by molar-refractivity contribution is -0.123. The Bertz CT molecular complexity index is 632. The molecule has 22 heavy (non-hydrogen) atoms. The molecule has 0 aromatic carbocycles. The van der Waals surface area contributed by atoms with Gasteiger partial charge < -0.3 is 20.2 Å². The highest BCUT2D eigenvalue weighted by molar-refractivity contribution is 5.83. The molecule has 2 aromatic rings. The molecule has 7 heteroatoms. The Balaban J connectivity index is 1.48. The molecule has 0 aliphatic carbocycles. The summed E-state index contributed by atoms with van der Waals surface area (Å²) in [7, 11) is 0. The van der Waals surface area contributed by atoms with E-state index in [2.05, 4.69) is 37.1 Å². The van der Waals surface area contributed by atoms with Gasteiger partial charge in [0.1, 0.15) is 11.9 Å². The zero-order valence-electron chi connectivity index (χ0n) is 12.8. The van der Waals surface area contributed by atoms with Crippen LogP contribution in [0.15, 0.2) is 18.7 Å². The predicted octanol–water partition coefficient (Wildman–Crippen LogP) is 0.562. The predicted molar refractivity (Wildman–Crippen MR) is 82.3 cm³/mol. The number of carbonyl (C=O) groups is 1. The molecule has 0 unspecified atom stereocenters. The van der Waals surface area contributed by atoms with Crippen molar-refractivity contribution in [1.29, 1.82) is 0 Å². The summed E-state index contributed by atoms with van der Waals surface area (Å²) in [6.07, 6.45) is 8.16. The first kappa shape index (κ1) is 14.8. The summed E-state index contributed by atoms with van der Waals surface area (Å²) in [5, 5.41) is 6.22. The maximum absolute atomic E-state index is 12.3. The first-order valence-electron chi connectivity index (χ1n) is 7.83. The van der Waals surface area contributed by atoms with Crippen molar-refractivity contribution in [1.82, 2.24) is 30.2 Å². The van der Waals surface area contributed by atoms with Crippen LogP contribution in [0.2, 0.25) is 0 Å². The normalized spacial score (nSPS) is 17.2. The first-order chi connectivity index (χ1) is 10.8. The lowest BCUT2D eigenvalue weighted by Gasteiger charge is -2.22. The summed E-state index contributed by atoms with van der Waals surface area (Å²) < 4.78 is 2.14. The van der Waals surface area contributed by atoms with Gasteiger partial charge in [0, 0.05) is 50.6 Å². The highest BCUT2D eigenvalue weighted by Crippen LogP contribution is 2.18. The van der Waals surface area contributed by atoms with E-state index in [1.165, 1.54) is 0 Å². The Morgan fingerprint density at radius 3 is 3.27 bits per heavy atom. The van der Waals surface area contributed by atoms with Crippen LogP contribution in [0.4, 0.5) is 0 Å². The van der Waals surface area contributed by atoms with E-state index in [1.807, 2.05) is 12.4 Å². The molecule has 0 fully saturated rings. The minimum absolute atomic E-state index is 0.00519. The van der Waals surface area contributed by atoms with Crippen molar-refractivity contribution in [3.8, 4) is 0 Å². The van der Waals surface area contributed by atoms with Crippen molar-refractivity contribution in [2.45, 2.75) is 38.8 Å². The van der Waals surface area contributed by atoms with Crippen molar-refractivity contribution in [3.63, 3.8) is 0 Å². The van der Waals surface area contributed by atoms with Gasteiger partial charge in [-0.05, 0) is 6.42 Å². The van der Waals surface area contributed by atoms with Crippen molar-refractivity contribution >= 4 is 5.91 Å². The van der Waals surface area contributed by atoms with Crippen molar-refractivity contribution in [2.24, 2.45) is 0 Å². The van der Waals surface area contributed by atoms with Crippen LogP contribution in [0.25, 0.3) is 0 Å². The number of amides is 1. The number of nitrogens with one attached hydrogen (secondary N) is 3. The molecule has 3 rings (SSSR count). The van der Waals surface area contributed by atoms with E-state index in [-0.39, 0.29) is 11.9 Å². The lowest BCUT2D eigenvalue weighted by Crippen LogP contribution is -2.42. The maximum atomic E-state index is 12.3. The molecule has 1 aliphatic rings. The second-order valence-electron chi connectivity index (χ2n) is 5.44. The fourth-order valence-corrected chi connectivity index (χ4v) is 2.86.